The number of rotatable bonds is 5. The Morgan fingerprint density at radius 2 is 1.64 bits per heavy atom. The highest BCUT2D eigenvalue weighted by molar-refractivity contribution is 7.80. The minimum Gasteiger partial charge on any atom is -0.426 e. The number of hydrogen-bond donors (Lipinski definition) is 1. The molecule has 1 aliphatic rings. The third-order valence-corrected chi connectivity index (χ3v) is 6.06. The second kappa shape index (κ2) is 9.75. The summed E-state index contributed by atoms with van der Waals surface area (Å²) in [7, 11) is 0. The Balaban J connectivity index is 1.65. The van der Waals surface area contributed by atoms with Crippen LogP contribution in [0.5, 0.6) is 0 Å². The highest BCUT2D eigenvalue weighted by Gasteiger charge is 2.60. The van der Waals surface area contributed by atoms with Crippen LogP contribution in [0.1, 0.15) is 12.8 Å². The summed E-state index contributed by atoms with van der Waals surface area (Å²) in [6.45, 7) is -0.186. The van der Waals surface area contributed by atoms with Gasteiger partial charge >= 0.3 is 18.4 Å². The van der Waals surface area contributed by atoms with Crippen molar-refractivity contribution in [3.63, 3.8) is 0 Å². The van der Waals surface area contributed by atoms with Crippen LogP contribution in [-0.2, 0) is 16.0 Å². The van der Waals surface area contributed by atoms with E-state index in [0.29, 0.717) is 5.69 Å². The van der Waals surface area contributed by atoms with Crippen LogP contribution in [0.25, 0.3) is 10.8 Å². The van der Waals surface area contributed by atoms with Crippen LogP contribution in [0.3, 0.4) is 0 Å². The van der Waals surface area contributed by atoms with Crippen molar-refractivity contribution in [2.75, 3.05) is 23.9 Å². The first-order chi connectivity index (χ1) is 15.4. The van der Waals surface area contributed by atoms with Gasteiger partial charge in [0.15, 0.2) is 0 Å². The highest BCUT2D eigenvalue weighted by atomic mass is 32.2. The van der Waals surface area contributed by atoms with E-state index in [1.807, 2.05) is 18.2 Å². The molecule has 13 heteroatoms. The summed E-state index contributed by atoms with van der Waals surface area (Å²) < 4.78 is 103. The maximum Gasteiger partial charge on any atom is 0.434 e. The number of carbonyl (C=O) groups excluding carboxylic acids is 1. The van der Waals surface area contributed by atoms with Crippen molar-refractivity contribution in [1.29, 1.82) is 0 Å². The Bertz CT molecular complexity index is 989. The second-order valence-corrected chi connectivity index (χ2v) is 8.47. The molecule has 0 saturated carbocycles. The van der Waals surface area contributed by atoms with Gasteiger partial charge in [0, 0.05) is 25.0 Å². The van der Waals surface area contributed by atoms with Gasteiger partial charge in [0.25, 0.3) is 17.4 Å². The fourth-order valence-corrected chi connectivity index (χ4v) is 4.37. The Morgan fingerprint density at radius 3 is 2.21 bits per heavy atom. The van der Waals surface area contributed by atoms with Gasteiger partial charge in [0.05, 0.1) is 5.69 Å². The molecule has 1 amide bonds. The lowest BCUT2D eigenvalue weighted by molar-refractivity contribution is -0.308. The average Bonchev–Trinajstić information content (AvgIpc) is 2.74. The number of piperidine rings is 1. The maximum atomic E-state index is 12.6. The summed E-state index contributed by atoms with van der Waals surface area (Å²) in [4.78, 5) is 12.7. The number of anilines is 1. The van der Waals surface area contributed by atoms with Crippen molar-refractivity contribution in [1.82, 2.24) is 4.90 Å². The highest BCUT2D eigenvalue weighted by Crippen LogP contribution is 2.36. The van der Waals surface area contributed by atoms with Crippen molar-refractivity contribution in [3.05, 3.63) is 42.5 Å². The predicted octanol–water partition coefficient (Wildman–Crippen LogP) is 5.12. The van der Waals surface area contributed by atoms with Gasteiger partial charge in [-0.3, -0.25) is 8.86 Å². The van der Waals surface area contributed by atoms with E-state index >= 15 is 0 Å². The summed E-state index contributed by atoms with van der Waals surface area (Å²) in [5.74, 6) is -0.231. The van der Waals surface area contributed by atoms with Crippen molar-refractivity contribution in [2.24, 2.45) is 5.92 Å². The lowest BCUT2D eigenvalue weighted by atomic mass is 9.96. The van der Waals surface area contributed by atoms with Crippen LogP contribution >= 0.6 is 0 Å². The van der Waals surface area contributed by atoms with Crippen molar-refractivity contribution < 1.29 is 44.6 Å². The molecule has 182 valence electrons. The monoisotopic (exact) mass is 498 g/mol. The van der Waals surface area contributed by atoms with Gasteiger partial charge in [-0.1, -0.05) is 36.4 Å². The van der Waals surface area contributed by atoms with E-state index < -0.39 is 35.8 Å². The lowest BCUT2D eigenvalue weighted by Gasteiger charge is -2.35. The Morgan fingerprint density at radius 1 is 1.06 bits per heavy atom. The van der Waals surface area contributed by atoms with Crippen LogP contribution in [-0.4, -0.2) is 57.8 Å². The number of amides is 1. The zero-order chi connectivity index (χ0) is 24.4. The van der Waals surface area contributed by atoms with E-state index in [1.54, 1.807) is 24.3 Å². The summed E-state index contributed by atoms with van der Waals surface area (Å²) >= 11 is -2.38. The van der Waals surface area contributed by atoms with Gasteiger partial charge in [-0.2, -0.15) is 26.3 Å². The fourth-order valence-electron chi connectivity index (χ4n) is 3.70. The van der Waals surface area contributed by atoms with Crippen molar-refractivity contribution >= 4 is 33.8 Å². The second-order valence-electron chi connectivity index (χ2n) is 7.57. The lowest BCUT2D eigenvalue weighted by Crippen LogP contribution is -2.49. The molecule has 0 aromatic heterocycles. The number of benzene rings is 2. The first-order valence-corrected chi connectivity index (χ1v) is 10.9. The Hall–Kier alpha value is -2.54. The molecule has 2 aromatic rings. The molecule has 1 N–H and O–H groups in total. The number of likely N-dealkylation sites (tertiary alicyclic amines) is 1. The zero-order valence-corrected chi connectivity index (χ0v) is 17.8. The average molecular weight is 498 g/mol. The fraction of sp³-hybridized carbons (Fsp3) is 0.450. The summed E-state index contributed by atoms with van der Waals surface area (Å²) in [5.41, 5.74) is 0.508. The number of halogens is 6. The molecular formula is C20H20F6N2O4S. The Kier molecular flexibility index (Phi) is 7.42. The standard InChI is InChI=1S/C20H20F6N2O4S/c21-19(22,23)17(20(24,25)26)32-18(29)27-10-8-13(9-11-27)12-28(33(30)31)16-7-3-5-14-4-1-2-6-15(14)16/h1-7,13,17H,8-12H2,(H,30,31). The molecule has 33 heavy (non-hydrogen) atoms. The third-order valence-electron chi connectivity index (χ3n) is 5.33. The first kappa shape index (κ1) is 25.1. The largest absolute Gasteiger partial charge is 0.434 e. The molecule has 3 rings (SSSR count). The first-order valence-electron chi connectivity index (χ1n) is 9.83. The molecule has 0 radical (unpaired) electrons. The molecule has 1 heterocycles. The van der Waals surface area contributed by atoms with E-state index in [-0.39, 0.29) is 38.4 Å². The van der Waals surface area contributed by atoms with Crippen molar-refractivity contribution in [2.45, 2.75) is 31.3 Å². The van der Waals surface area contributed by atoms with Crippen LogP contribution in [0.15, 0.2) is 42.5 Å². The van der Waals surface area contributed by atoms with Crippen LogP contribution < -0.4 is 4.31 Å². The third kappa shape index (κ3) is 6.08. The molecule has 6 nitrogen and oxygen atoms in total. The maximum absolute atomic E-state index is 12.6. The normalized spacial score (nSPS) is 16.8. The number of hydrogen-bond acceptors (Lipinski definition) is 3. The number of alkyl halides is 6. The minimum absolute atomic E-state index is 0.105. The minimum atomic E-state index is -5.78. The van der Waals surface area contributed by atoms with Gasteiger partial charge in [0.1, 0.15) is 0 Å². The quantitative estimate of drug-likeness (QED) is 0.459. The van der Waals surface area contributed by atoms with Crippen LogP contribution in [0.4, 0.5) is 36.8 Å². The topological polar surface area (TPSA) is 70.1 Å². The zero-order valence-electron chi connectivity index (χ0n) is 17.0. The number of fused-ring (bicyclic) bond motifs is 1. The Labute approximate surface area is 187 Å². The van der Waals surface area contributed by atoms with Crippen molar-refractivity contribution in [3.8, 4) is 0 Å². The van der Waals surface area contributed by atoms with Gasteiger partial charge in [0.2, 0.25) is 0 Å². The SMILES string of the molecule is O=C(OC(C(F)(F)F)C(F)(F)F)N1CCC(CN(c2cccc3ccccc23)S(=O)O)CC1. The molecule has 1 atom stereocenters. The molecule has 1 fully saturated rings. The van der Waals surface area contributed by atoms with Gasteiger partial charge < -0.3 is 9.64 Å². The molecule has 0 aliphatic carbocycles. The van der Waals surface area contributed by atoms with E-state index in [0.717, 1.165) is 15.7 Å². The molecular weight excluding hydrogens is 478 g/mol. The van der Waals surface area contributed by atoms with E-state index in [2.05, 4.69) is 4.74 Å². The summed E-state index contributed by atoms with van der Waals surface area (Å²) in [6, 6.07) is 12.5. The smallest absolute Gasteiger partial charge is 0.426 e. The number of carbonyl (C=O) groups is 1. The molecule has 0 bridgehead atoms. The number of ether oxygens (including phenoxy) is 1. The van der Waals surface area contributed by atoms with Crippen LogP contribution in [0.2, 0.25) is 0 Å². The van der Waals surface area contributed by atoms with Gasteiger partial charge in [-0.25, -0.2) is 9.00 Å². The van der Waals surface area contributed by atoms with Gasteiger partial charge in [-0.15, -0.1) is 0 Å². The summed E-state index contributed by atoms with van der Waals surface area (Å²) in [6.07, 6.45) is -17.1. The molecule has 1 saturated heterocycles. The van der Waals surface area contributed by atoms with E-state index in [1.165, 1.54) is 4.31 Å². The predicted molar refractivity (Wildman–Crippen MR) is 109 cm³/mol. The van der Waals surface area contributed by atoms with E-state index in [9.17, 15) is 39.9 Å². The van der Waals surface area contributed by atoms with Gasteiger partial charge in [-0.05, 0) is 30.2 Å². The number of nitrogens with zero attached hydrogens (tertiary/aromatic N) is 2. The summed E-state index contributed by atoms with van der Waals surface area (Å²) in [5, 5.41) is 1.60. The van der Waals surface area contributed by atoms with E-state index in [4.69, 9.17) is 0 Å². The molecule has 1 aliphatic heterocycles. The molecule has 2 aromatic carbocycles. The van der Waals surface area contributed by atoms with Crippen LogP contribution in [0, 0.1) is 5.92 Å². The molecule has 0 spiro atoms. The molecule has 1 unspecified atom stereocenters.